The first-order chi connectivity index (χ1) is 17.8. The van der Waals surface area contributed by atoms with Gasteiger partial charge in [0, 0.05) is 36.9 Å². The number of aliphatic carboxylic acids is 4. The summed E-state index contributed by atoms with van der Waals surface area (Å²) in [7, 11) is 4.44. The maximum atomic E-state index is 11.0. The fourth-order valence-electron chi connectivity index (χ4n) is 3.26. The average Bonchev–Trinajstić information content (AvgIpc) is 2.83. The van der Waals surface area contributed by atoms with Crippen molar-refractivity contribution in [3.63, 3.8) is 0 Å². The lowest BCUT2D eigenvalue weighted by Crippen LogP contribution is -3.15. The third-order valence-electron chi connectivity index (χ3n) is 4.95. The number of rotatable bonds is 10. The first-order valence-electron chi connectivity index (χ1n) is 11.8. The van der Waals surface area contributed by atoms with Crippen LogP contribution in [0.3, 0.4) is 0 Å². The van der Waals surface area contributed by atoms with E-state index in [-0.39, 0.29) is 5.91 Å². The van der Waals surface area contributed by atoms with Crippen molar-refractivity contribution >= 4 is 41.2 Å². The quantitative estimate of drug-likeness (QED) is 0.182. The number of piperazine rings is 1. The molecule has 13 nitrogen and oxygen atoms in total. The van der Waals surface area contributed by atoms with Crippen LogP contribution in [-0.2, 0) is 24.0 Å². The molecule has 1 aromatic carbocycles. The second-order valence-electron chi connectivity index (χ2n) is 8.51. The van der Waals surface area contributed by atoms with Crippen LogP contribution < -0.4 is 30.2 Å². The molecule has 0 spiro atoms. The number of carboxylic acids is 4. The lowest BCUT2D eigenvalue weighted by Gasteiger charge is -2.33. The van der Waals surface area contributed by atoms with Gasteiger partial charge in [0.25, 0.3) is 0 Å². The summed E-state index contributed by atoms with van der Waals surface area (Å²) in [5.41, 5.74) is 2.12. The van der Waals surface area contributed by atoms with Gasteiger partial charge in [-0.25, -0.2) is 9.59 Å². The van der Waals surface area contributed by atoms with Gasteiger partial charge in [-0.3, -0.25) is 4.79 Å². The van der Waals surface area contributed by atoms with E-state index in [1.807, 2.05) is 12.1 Å². The fraction of sp³-hybridized carbons (Fsp3) is 0.400. The average molecular weight is 537 g/mol. The normalized spacial score (nSPS) is 13.3. The lowest BCUT2D eigenvalue weighted by molar-refractivity contribution is -0.908. The van der Waals surface area contributed by atoms with E-state index >= 15 is 0 Å². The summed E-state index contributed by atoms with van der Waals surface area (Å²) < 4.78 is 0. The van der Waals surface area contributed by atoms with Crippen molar-refractivity contribution in [1.29, 1.82) is 0 Å². The van der Waals surface area contributed by atoms with E-state index in [4.69, 9.17) is 10.2 Å². The number of carbonyl (C=O) groups is 5. The Labute approximate surface area is 221 Å². The molecule has 0 atom stereocenters. The van der Waals surface area contributed by atoms with Gasteiger partial charge in [-0.05, 0) is 36.4 Å². The van der Waals surface area contributed by atoms with E-state index in [9.17, 15) is 34.2 Å². The zero-order valence-corrected chi connectivity index (χ0v) is 21.8. The predicted molar refractivity (Wildman–Crippen MR) is 134 cm³/mol. The number of hydrogen-bond acceptors (Lipinski definition) is 8. The van der Waals surface area contributed by atoms with Crippen molar-refractivity contribution in [2.24, 2.45) is 0 Å². The molecule has 2 rings (SSSR count). The summed E-state index contributed by atoms with van der Waals surface area (Å²) in [4.78, 5) is 54.7. The molecule has 5 N–H and O–H groups in total. The number of nitrogens with zero attached hydrogens (tertiary/aromatic N) is 1. The third-order valence-corrected chi connectivity index (χ3v) is 4.95. The molecular weight excluding hydrogens is 500 g/mol. The molecular formula is C25H36N4O9. The Kier molecular flexibility index (Phi) is 16.8. The number of benzene rings is 1. The molecule has 13 heteroatoms. The summed E-state index contributed by atoms with van der Waals surface area (Å²) in [6, 6.07) is 8.17. The molecule has 1 aromatic rings. The van der Waals surface area contributed by atoms with Crippen LogP contribution in [-0.4, -0.2) is 93.4 Å². The first-order valence-corrected chi connectivity index (χ1v) is 11.8. The summed E-state index contributed by atoms with van der Waals surface area (Å²) in [6.45, 7) is 8.76. The van der Waals surface area contributed by atoms with Crippen LogP contribution in [0.2, 0.25) is 0 Å². The second-order valence-corrected chi connectivity index (χ2v) is 8.51. The van der Waals surface area contributed by atoms with Gasteiger partial charge < -0.3 is 50.0 Å². The van der Waals surface area contributed by atoms with E-state index in [0.29, 0.717) is 24.3 Å². The van der Waals surface area contributed by atoms with Crippen LogP contribution in [0, 0.1) is 0 Å². The third kappa shape index (κ3) is 19.0. The van der Waals surface area contributed by atoms with Gasteiger partial charge in [-0.2, -0.15) is 0 Å². The van der Waals surface area contributed by atoms with Crippen LogP contribution in [0.25, 0.3) is 0 Å². The number of hydrogen-bond donors (Lipinski definition) is 5. The Hall–Kier alpha value is -4.23. The number of anilines is 2. The number of carboxylic acid groups (broad SMARTS) is 4. The van der Waals surface area contributed by atoms with E-state index in [1.165, 1.54) is 50.1 Å². The molecule has 38 heavy (non-hydrogen) atoms. The molecule has 0 saturated carbocycles. The zero-order chi connectivity index (χ0) is 29.1. The molecule has 1 heterocycles. The van der Waals surface area contributed by atoms with Crippen molar-refractivity contribution in [2.75, 3.05) is 63.6 Å². The smallest absolute Gasteiger partial charge is 0.328 e. The molecule has 1 amide bonds. The highest BCUT2D eigenvalue weighted by Gasteiger charge is 2.20. The topological polar surface area (TPSA) is 196 Å². The molecule has 0 bridgehead atoms. The highest BCUT2D eigenvalue weighted by molar-refractivity contribution is 5.89. The molecule has 0 aromatic heterocycles. The second kappa shape index (κ2) is 19.0. The van der Waals surface area contributed by atoms with E-state index in [0.717, 1.165) is 18.8 Å². The van der Waals surface area contributed by atoms with Gasteiger partial charge in [0.05, 0.1) is 65.3 Å². The molecule has 1 aliphatic heterocycles. The Morgan fingerprint density at radius 1 is 0.921 bits per heavy atom. The molecule has 1 fully saturated rings. The molecule has 1 saturated heterocycles. The SMILES string of the molecule is CC(=O)Nc1ccc(N2CC[NH+](CCC[NH+](C)C)CC2)cc1.O=C([O-])/C=C/C(=O)O.O=C([O-])/C=C/C(=O)O. The van der Waals surface area contributed by atoms with Gasteiger partial charge in [0.15, 0.2) is 0 Å². The lowest BCUT2D eigenvalue weighted by atomic mass is 10.2. The van der Waals surface area contributed by atoms with E-state index in [2.05, 4.69) is 36.4 Å². The Balaban J connectivity index is 0.000000705. The van der Waals surface area contributed by atoms with Crippen molar-refractivity contribution in [3.05, 3.63) is 48.6 Å². The minimum atomic E-state index is -1.51. The minimum absolute atomic E-state index is 0.0236. The first kappa shape index (κ1) is 33.8. The van der Waals surface area contributed by atoms with Crippen molar-refractivity contribution in [2.45, 2.75) is 13.3 Å². The maximum absolute atomic E-state index is 11.0. The van der Waals surface area contributed by atoms with Gasteiger partial charge >= 0.3 is 11.9 Å². The Morgan fingerprint density at radius 2 is 1.39 bits per heavy atom. The Bertz CT molecular complexity index is 902. The van der Waals surface area contributed by atoms with Crippen LogP contribution in [0.1, 0.15) is 13.3 Å². The summed E-state index contributed by atoms with van der Waals surface area (Å²) in [5.74, 6) is -5.63. The summed E-state index contributed by atoms with van der Waals surface area (Å²) in [5, 5.41) is 37.3. The van der Waals surface area contributed by atoms with Gasteiger partial charge in [0.1, 0.15) is 0 Å². The number of carbonyl (C=O) groups excluding carboxylic acids is 3. The highest BCUT2D eigenvalue weighted by atomic mass is 16.4. The summed E-state index contributed by atoms with van der Waals surface area (Å²) >= 11 is 0. The Morgan fingerprint density at radius 3 is 1.74 bits per heavy atom. The highest BCUT2D eigenvalue weighted by Crippen LogP contribution is 2.17. The summed E-state index contributed by atoms with van der Waals surface area (Å²) in [6.07, 6.45) is 3.19. The van der Waals surface area contributed by atoms with Crippen LogP contribution in [0.15, 0.2) is 48.6 Å². The monoisotopic (exact) mass is 536 g/mol. The number of quaternary nitrogens is 2. The molecule has 1 aliphatic rings. The fourth-order valence-corrected chi connectivity index (χ4v) is 3.26. The number of amides is 1. The van der Waals surface area contributed by atoms with Crippen LogP contribution >= 0.6 is 0 Å². The van der Waals surface area contributed by atoms with Gasteiger partial charge in [-0.1, -0.05) is 0 Å². The molecule has 0 radical (unpaired) electrons. The largest absolute Gasteiger partial charge is 0.545 e. The predicted octanol–water partition coefficient (Wildman–Crippen LogP) is -4.36. The van der Waals surface area contributed by atoms with Gasteiger partial charge in [0.2, 0.25) is 5.91 Å². The molecule has 0 aliphatic carbocycles. The van der Waals surface area contributed by atoms with E-state index in [1.54, 1.807) is 4.90 Å². The van der Waals surface area contributed by atoms with Crippen molar-refractivity contribution in [3.8, 4) is 0 Å². The van der Waals surface area contributed by atoms with Crippen molar-refractivity contribution in [1.82, 2.24) is 0 Å². The standard InChI is InChI=1S/C17H28N4O.2C4H4O4/c1-15(22)18-16-5-7-17(8-6-16)21-13-11-20(12-14-21)10-4-9-19(2)3;2*5-3(6)1-2-4(7)8/h5-8H,4,9-14H2,1-3H3,(H,18,22);2*1-2H,(H,5,6)(H,7,8)/b;2*2-1+. The molecule has 210 valence electrons. The van der Waals surface area contributed by atoms with E-state index < -0.39 is 23.9 Å². The number of nitrogens with one attached hydrogen (secondary N) is 3. The maximum Gasteiger partial charge on any atom is 0.328 e. The minimum Gasteiger partial charge on any atom is -0.545 e. The zero-order valence-electron chi connectivity index (χ0n) is 21.8. The van der Waals surface area contributed by atoms with Crippen molar-refractivity contribution < 1.29 is 54.2 Å². The van der Waals surface area contributed by atoms with Crippen LogP contribution in [0.5, 0.6) is 0 Å². The van der Waals surface area contributed by atoms with Crippen LogP contribution in [0.4, 0.5) is 11.4 Å². The van der Waals surface area contributed by atoms with Gasteiger partial charge in [-0.15, -0.1) is 0 Å². The molecule has 0 unspecified atom stereocenters.